The minimum Gasteiger partial charge on any atom is -0.462 e. The largest absolute Gasteiger partial charge is 0.462 e. The molecule has 0 atom stereocenters. The number of rotatable bonds is 5. The number of carbonyl (C=O) groups excluding carboxylic acids is 2. The van der Waals surface area contributed by atoms with Crippen molar-refractivity contribution in [3.63, 3.8) is 0 Å². The number of pyridine rings is 1. The molecule has 6 nitrogen and oxygen atoms in total. The summed E-state index contributed by atoms with van der Waals surface area (Å²) in [6, 6.07) is 15.7. The van der Waals surface area contributed by atoms with Gasteiger partial charge in [-0.25, -0.2) is 4.79 Å². The minimum atomic E-state index is -0.511. The summed E-state index contributed by atoms with van der Waals surface area (Å²) < 4.78 is 4.98. The van der Waals surface area contributed by atoms with Gasteiger partial charge in [-0.3, -0.25) is 9.59 Å². The van der Waals surface area contributed by atoms with Crippen molar-refractivity contribution in [3.05, 3.63) is 82.2 Å². The highest BCUT2D eigenvalue weighted by atomic mass is 16.5. The van der Waals surface area contributed by atoms with E-state index in [0.29, 0.717) is 11.3 Å². The molecule has 3 aromatic rings. The highest BCUT2D eigenvalue weighted by molar-refractivity contribution is 6.06. The van der Waals surface area contributed by atoms with Crippen LogP contribution in [0.5, 0.6) is 0 Å². The van der Waals surface area contributed by atoms with Gasteiger partial charge < -0.3 is 15.0 Å². The molecule has 0 fully saturated rings. The van der Waals surface area contributed by atoms with Gasteiger partial charge in [0, 0.05) is 17.2 Å². The summed E-state index contributed by atoms with van der Waals surface area (Å²) >= 11 is 0. The number of esters is 1. The number of hydrogen-bond donors (Lipinski definition) is 2. The molecule has 0 aliphatic rings. The Morgan fingerprint density at radius 2 is 1.85 bits per heavy atom. The first-order valence-electron chi connectivity index (χ1n) is 8.46. The van der Waals surface area contributed by atoms with Crippen molar-refractivity contribution >= 4 is 34.5 Å². The Balaban J connectivity index is 1.80. The first-order valence-corrected chi connectivity index (χ1v) is 8.46. The average Bonchev–Trinajstić information content (AvgIpc) is 2.67. The fourth-order valence-electron chi connectivity index (χ4n) is 2.61. The van der Waals surface area contributed by atoms with Crippen LogP contribution in [0.3, 0.4) is 0 Å². The van der Waals surface area contributed by atoms with E-state index in [1.54, 1.807) is 37.3 Å². The summed E-state index contributed by atoms with van der Waals surface area (Å²) in [4.78, 5) is 39.1. The van der Waals surface area contributed by atoms with Gasteiger partial charge in [0.1, 0.15) is 0 Å². The molecular weight excluding hydrogens is 344 g/mol. The molecule has 0 radical (unpaired) electrons. The van der Waals surface area contributed by atoms with Crippen molar-refractivity contribution in [2.24, 2.45) is 0 Å². The smallest absolute Gasteiger partial charge is 0.340 e. The molecule has 2 aromatic carbocycles. The number of hydrogen-bond acceptors (Lipinski definition) is 4. The van der Waals surface area contributed by atoms with Crippen LogP contribution in [0.4, 0.5) is 5.69 Å². The van der Waals surface area contributed by atoms with E-state index < -0.39 is 11.9 Å². The van der Waals surface area contributed by atoms with Crippen LogP contribution in [0.15, 0.2) is 65.5 Å². The number of amides is 1. The van der Waals surface area contributed by atoms with Gasteiger partial charge in [-0.1, -0.05) is 30.3 Å². The number of aromatic amines is 1. The quantitative estimate of drug-likeness (QED) is 0.538. The molecule has 0 aliphatic carbocycles. The monoisotopic (exact) mass is 362 g/mol. The standard InChI is InChI=1S/C21H18N2O4/c1-2-27-21(26)16-8-4-6-10-18(16)22-19(24)12-11-15-13-14-7-3-5-9-17(14)23-20(15)25/h3-13H,2H2,1H3,(H,22,24)(H,23,25)/b12-11+. The number of carbonyl (C=O) groups is 2. The Kier molecular flexibility index (Phi) is 5.47. The van der Waals surface area contributed by atoms with Crippen molar-refractivity contribution < 1.29 is 14.3 Å². The Morgan fingerprint density at radius 3 is 2.67 bits per heavy atom. The molecule has 0 bridgehead atoms. The zero-order valence-corrected chi connectivity index (χ0v) is 14.7. The van der Waals surface area contributed by atoms with Crippen molar-refractivity contribution in [1.82, 2.24) is 4.98 Å². The lowest BCUT2D eigenvalue weighted by molar-refractivity contribution is -0.111. The third-order valence-corrected chi connectivity index (χ3v) is 3.88. The highest BCUT2D eigenvalue weighted by Gasteiger charge is 2.13. The summed E-state index contributed by atoms with van der Waals surface area (Å²) in [5.74, 6) is -0.970. The molecule has 136 valence electrons. The number of para-hydroxylation sites is 2. The SMILES string of the molecule is CCOC(=O)c1ccccc1NC(=O)/C=C/c1cc2ccccc2[nH]c1=O. The third-order valence-electron chi connectivity index (χ3n) is 3.88. The normalized spacial score (nSPS) is 10.9. The van der Waals surface area contributed by atoms with Crippen LogP contribution in [0.2, 0.25) is 0 Å². The summed E-state index contributed by atoms with van der Waals surface area (Å²) in [5.41, 5.74) is 1.42. The number of nitrogens with one attached hydrogen (secondary N) is 2. The van der Waals surface area contributed by atoms with E-state index in [2.05, 4.69) is 10.3 Å². The van der Waals surface area contributed by atoms with E-state index in [1.807, 2.05) is 24.3 Å². The van der Waals surface area contributed by atoms with E-state index in [0.717, 1.165) is 10.9 Å². The predicted octanol–water partition coefficient (Wildman–Crippen LogP) is 3.36. The fraction of sp³-hybridized carbons (Fsp3) is 0.0952. The number of benzene rings is 2. The lowest BCUT2D eigenvalue weighted by Gasteiger charge is -2.08. The lowest BCUT2D eigenvalue weighted by Crippen LogP contribution is -2.14. The van der Waals surface area contributed by atoms with Gasteiger partial charge in [-0.15, -0.1) is 0 Å². The topological polar surface area (TPSA) is 88.3 Å². The van der Waals surface area contributed by atoms with Crippen LogP contribution in [-0.2, 0) is 9.53 Å². The second-order valence-corrected chi connectivity index (χ2v) is 5.73. The molecule has 1 aromatic heterocycles. The van der Waals surface area contributed by atoms with Crippen LogP contribution >= 0.6 is 0 Å². The van der Waals surface area contributed by atoms with Crippen LogP contribution in [0.25, 0.3) is 17.0 Å². The van der Waals surface area contributed by atoms with Crippen LogP contribution in [0, 0.1) is 0 Å². The molecule has 2 N–H and O–H groups in total. The first-order chi connectivity index (χ1) is 13.1. The third kappa shape index (κ3) is 4.30. The van der Waals surface area contributed by atoms with Crippen LogP contribution < -0.4 is 10.9 Å². The van der Waals surface area contributed by atoms with Crippen LogP contribution in [0.1, 0.15) is 22.8 Å². The van der Waals surface area contributed by atoms with Crippen molar-refractivity contribution in [3.8, 4) is 0 Å². The maximum atomic E-state index is 12.2. The fourth-order valence-corrected chi connectivity index (χ4v) is 2.61. The van der Waals surface area contributed by atoms with Crippen molar-refractivity contribution in [2.75, 3.05) is 11.9 Å². The van der Waals surface area contributed by atoms with E-state index >= 15 is 0 Å². The second kappa shape index (κ2) is 8.14. The number of H-pyrrole nitrogens is 1. The zero-order valence-electron chi connectivity index (χ0n) is 14.7. The van der Waals surface area contributed by atoms with E-state index in [1.165, 1.54) is 12.2 Å². The Labute approximate surface area is 155 Å². The molecule has 0 saturated carbocycles. The maximum absolute atomic E-state index is 12.2. The van der Waals surface area contributed by atoms with Gasteiger partial charge in [0.2, 0.25) is 5.91 Å². The Bertz CT molecular complexity index is 1080. The zero-order chi connectivity index (χ0) is 19.2. The molecule has 1 amide bonds. The molecule has 6 heteroatoms. The lowest BCUT2D eigenvalue weighted by atomic mass is 10.1. The second-order valence-electron chi connectivity index (χ2n) is 5.73. The summed E-state index contributed by atoms with van der Waals surface area (Å²) in [7, 11) is 0. The molecule has 3 rings (SSSR count). The van der Waals surface area contributed by atoms with E-state index in [-0.39, 0.29) is 17.7 Å². The van der Waals surface area contributed by atoms with E-state index in [4.69, 9.17) is 4.74 Å². The maximum Gasteiger partial charge on any atom is 0.340 e. The highest BCUT2D eigenvalue weighted by Crippen LogP contribution is 2.16. The molecular formula is C21H18N2O4. The van der Waals surface area contributed by atoms with Gasteiger partial charge in [0.15, 0.2) is 0 Å². The Morgan fingerprint density at radius 1 is 1.11 bits per heavy atom. The van der Waals surface area contributed by atoms with Crippen molar-refractivity contribution in [1.29, 1.82) is 0 Å². The first kappa shape index (κ1) is 18.1. The van der Waals surface area contributed by atoms with Crippen molar-refractivity contribution in [2.45, 2.75) is 6.92 Å². The molecule has 0 saturated heterocycles. The molecule has 0 aliphatic heterocycles. The number of anilines is 1. The summed E-state index contributed by atoms with van der Waals surface area (Å²) in [6.45, 7) is 1.95. The number of fused-ring (bicyclic) bond motifs is 1. The summed E-state index contributed by atoms with van der Waals surface area (Å²) in [5, 5.41) is 3.50. The van der Waals surface area contributed by atoms with Gasteiger partial charge in [0.05, 0.1) is 17.9 Å². The Hall–Kier alpha value is -3.67. The molecule has 0 spiro atoms. The van der Waals surface area contributed by atoms with Gasteiger partial charge in [-0.05, 0) is 42.7 Å². The predicted molar refractivity (Wildman–Crippen MR) is 105 cm³/mol. The van der Waals surface area contributed by atoms with Gasteiger partial charge in [0.25, 0.3) is 5.56 Å². The number of aromatic nitrogens is 1. The minimum absolute atomic E-state index is 0.242. The molecule has 1 heterocycles. The summed E-state index contributed by atoms with van der Waals surface area (Å²) in [6.07, 6.45) is 2.69. The molecule has 0 unspecified atom stereocenters. The van der Waals surface area contributed by atoms with Gasteiger partial charge >= 0.3 is 5.97 Å². The van der Waals surface area contributed by atoms with E-state index in [9.17, 15) is 14.4 Å². The molecule has 27 heavy (non-hydrogen) atoms. The van der Waals surface area contributed by atoms with Crippen LogP contribution in [-0.4, -0.2) is 23.5 Å². The average molecular weight is 362 g/mol. The number of ether oxygens (including phenoxy) is 1. The van der Waals surface area contributed by atoms with Gasteiger partial charge in [-0.2, -0.15) is 0 Å².